The summed E-state index contributed by atoms with van der Waals surface area (Å²) in [6.07, 6.45) is 2.15. The van der Waals surface area contributed by atoms with Gasteiger partial charge >= 0.3 is 0 Å². The summed E-state index contributed by atoms with van der Waals surface area (Å²) in [5, 5.41) is 0.490. The predicted molar refractivity (Wildman–Crippen MR) is 106 cm³/mol. The molecule has 2 N–H and O–H groups in total. The first-order chi connectivity index (χ1) is 11.3. The Morgan fingerprint density at radius 1 is 1.40 bits per heavy atom. The Morgan fingerprint density at radius 2 is 2.08 bits per heavy atom. The number of halogens is 2. The minimum absolute atomic E-state index is 0. The lowest BCUT2D eigenvalue weighted by Crippen LogP contribution is -2.37. The molecule has 0 radical (unpaired) electrons. The first kappa shape index (κ1) is 21.6. The van der Waals surface area contributed by atoms with Gasteiger partial charge in [-0.1, -0.05) is 29.8 Å². The minimum Gasteiger partial charge on any atom is -0.344 e. The first-order valence-electron chi connectivity index (χ1n) is 7.94. The Bertz CT molecular complexity index is 794. The molecule has 0 aliphatic carbocycles. The molecular formula is C17H24BrClN4O2. The predicted octanol–water partition coefficient (Wildman–Crippen LogP) is 2.41. The molecule has 0 aliphatic heterocycles. The van der Waals surface area contributed by atoms with E-state index in [4.69, 9.17) is 5.73 Å². The van der Waals surface area contributed by atoms with E-state index < -0.39 is 0 Å². The molecule has 0 saturated heterocycles. The third kappa shape index (κ3) is 5.52. The van der Waals surface area contributed by atoms with E-state index >= 15 is 0 Å². The molecule has 8 heteroatoms. The molecule has 1 heterocycles. The Kier molecular flexibility index (Phi) is 8.05. The monoisotopic (exact) mass is 430 g/mol. The Balaban J connectivity index is 0.00000312. The van der Waals surface area contributed by atoms with Gasteiger partial charge in [0.25, 0.3) is 5.56 Å². The largest absolute Gasteiger partial charge is 0.344 e. The molecule has 0 saturated carbocycles. The second kappa shape index (κ2) is 9.31. The molecule has 138 valence electrons. The Morgan fingerprint density at radius 3 is 2.72 bits per heavy atom. The van der Waals surface area contributed by atoms with Crippen molar-refractivity contribution in [2.75, 3.05) is 13.6 Å². The van der Waals surface area contributed by atoms with Crippen LogP contribution < -0.4 is 11.3 Å². The second-order valence-corrected chi connectivity index (χ2v) is 7.27. The Hall–Kier alpha value is -1.44. The van der Waals surface area contributed by atoms with Gasteiger partial charge < -0.3 is 10.6 Å². The van der Waals surface area contributed by atoms with Crippen LogP contribution in [-0.2, 0) is 11.3 Å². The average Bonchev–Trinajstić information content (AvgIpc) is 2.55. The zero-order chi connectivity index (χ0) is 17.9. The number of benzene rings is 1. The van der Waals surface area contributed by atoms with E-state index in [-0.39, 0.29) is 36.5 Å². The summed E-state index contributed by atoms with van der Waals surface area (Å²) in [5.41, 5.74) is 6.40. The molecule has 1 aromatic heterocycles. The highest BCUT2D eigenvalue weighted by Gasteiger charge is 2.14. The smallest absolute Gasteiger partial charge is 0.261 e. The summed E-state index contributed by atoms with van der Waals surface area (Å²) in [6.45, 7) is 4.66. The van der Waals surface area contributed by atoms with Crippen molar-refractivity contribution in [2.24, 2.45) is 11.7 Å². The molecule has 0 fully saturated rings. The van der Waals surface area contributed by atoms with Gasteiger partial charge in [-0.2, -0.15) is 0 Å². The van der Waals surface area contributed by atoms with Crippen LogP contribution in [0, 0.1) is 5.92 Å². The molecule has 1 aromatic carbocycles. The van der Waals surface area contributed by atoms with Crippen molar-refractivity contribution >= 4 is 45.1 Å². The topological polar surface area (TPSA) is 81.2 Å². The van der Waals surface area contributed by atoms with Gasteiger partial charge in [-0.05, 0) is 30.5 Å². The lowest BCUT2D eigenvalue weighted by Gasteiger charge is -2.21. The lowest BCUT2D eigenvalue weighted by atomic mass is 10.0. The highest BCUT2D eigenvalue weighted by molar-refractivity contribution is 9.10. The van der Waals surface area contributed by atoms with Crippen LogP contribution in [0.1, 0.15) is 20.3 Å². The third-order valence-corrected chi connectivity index (χ3v) is 4.66. The molecule has 0 aliphatic rings. The summed E-state index contributed by atoms with van der Waals surface area (Å²) < 4.78 is 2.15. The molecule has 25 heavy (non-hydrogen) atoms. The fraction of sp³-hybridized carbons (Fsp3) is 0.471. The zero-order valence-electron chi connectivity index (χ0n) is 14.6. The van der Waals surface area contributed by atoms with E-state index in [9.17, 15) is 9.59 Å². The highest BCUT2D eigenvalue weighted by Crippen LogP contribution is 2.14. The van der Waals surface area contributed by atoms with Gasteiger partial charge in [0.2, 0.25) is 5.91 Å². The number of hydrogen-bond donors (Lipinski definition) is 1. The standard InChI is InChI=1S/C17H23BrN4O2.ClH/c1-11(2)14(19)6-7-21(3)16(23)9-22-10-20-15-5-4-12(18)8-13(15)17(22)24;/h4-5,8,10-11,14H,6-7,9,19H2,1-3H3;1H. The quantitative estimate of drug-likeness (QED) is 0.761. The van der Waals surface area contributed by atoms with E-state index in [0.717, 1.165) is 10.9 Å². The maximum atomic E-state index is 12.5. The van der Waals surface area contributed by atoms with Crippen LogP contribution in [0.2, 0.25) is 0 Å². The SMILES string of the molecule is CC(C)C(N)CCN(C)C(=O)Cn1cnc2ccc(Br)cc2c1=O.Cl. The lowest BCUT2D eigenvalue weighted by molar-refractivity contribution is -0.130. The van der Waals surface area contributed by atoms with E-state index in [1.165, 1.54) is 10.9 Å². The van der Waals surface area contributed by atoms with Crippen LogP contribution in [0.3, 0.4) is 0 Å². The molecule has 0 bridgehead atoms. The Labute approximate surface area is 161 Å². The van der Waals surface area contributed by atoms with Gasteiger partial charge in [-0.25, -0.2) is 4.98 Å². The summed E-state index contributed by atoms with van der Waals surface area (Å²) in [5.74, 6) is 0.239. The van der Waals surface area contributed by atoms with E-state index in [2.05, 4.69) is 34.8 Å². The third-order valence-electron chi connectivity index (χ3n) is 4.17. The summed E-state index contributed by atoms with van der Waals surface area (Å²) in [6, 6.07) is 5.38. The number of likely N-dealkylation sites (N-methyl/N-ethyl adjacent to an activating group) is 1. The van der Waals surface area contributed by atoms with Crippen molar-refractivity contribution in [1.82, 2.24) is 14.5 Å². The van der Waals surface area contributed by atoms with Crippen molar-refractivity contribution in [3.05, 3.63) is 39.4 Å². The maximum Gasteiger partial charge on any atom is 0.261 e. The summed E-state index contributed by atoms with van der Waals surface area (Å²) >= 11 is 3.35. The van der Waals surface area contributed by atoms with Crippen molar-refractivity contribution in [3.63, 3.8) is 0 Å². The fourth-order valence-corrected chi connectivity index (χ4v) is 2.67. The molecule has 0 spiro atoms. The van der Waals surface area contributed by atoms with Crippen LogP contribution in [0.5, 0.6) is 0 Å². The molecular weight excluding hydrogens is 408 g/mol. The van der Waals surface area contributed by atoms with E-state index in [1.807, 2.05) is 6.07 Å². The molecule has 2 rings (SSSR count). The average molecular weight is 432 g/mol. The highest BCUT2D eigenvalue weighted by atomic mass is 79.9. The number of nitrogens with zero attached hydrogens (tertiary/aromatic N) is 3. The summed E-state index contributed by atoms with van der Waals surface area (Å²) in [7, 11) is 1.73. The van der Waals surface area contributed by atoms with Gasteiger partial charge in [0.15, 0.2) is 0 Å². The number of carbonyl (C=O) groups excluding carboxylic acids is 1. The van der Waals surface area contributed by atoms with Gasteiger partial charge in [-0.15, -0.1) is 12.4 Å². The van der Waals surface area contributed by atoms with Crippen molar-refractivity contribution in [1.29, 1.82) is 0 Å². The molecule has 6 nitrogen and oxygen atoms in total. The van der Waals surface area contributed by atoms with E-state index in [0.29, 0.717) is 23.4 Å². The maximum absolute atomic E-state index is 12.5. The van der Waals surface area contributed by atoms with Crippen LogP contribution >= 0.6 is 28.3 Å². The van der Waals surface area contributed by atoms with Crippen molar-refractivity contribution in [3.8, 4) is 0 Å². The number of hydrogen-bond acceptors (Lipinski definition) is 4. The molecule has 1 amide bonds. The number of aromatic nitrogens is 2. The van der Waals surface area contributed by atoms with Gasteiger partial charge in [0.1, 0.15) is 6.54 Å². The van der Waals surface area contributed by atoms with Crippen LogP contribution in [-0.4, -0.2) is 40.0 Å². The number of amides is 1. The van der Waals surface area contributed by atoms with Crippen LogP contribution in [0.4, 0.5) is 0 Å². The fourth-order valence-electron chi connectivity index (χ4n) is 2.31. The van der Waals surface area contributed by atoms with Crippen molar-refractivity contribution < 1.29 is 4.79 Å². The van der Waals surface area contributed by atoms with Crippen LogP contribution in [0.15, 0.2) is 33.8 Å². The number of rotatable bonds is 6. The van der Waals surface area contributed by atoms with Crippen LogP contribution in [0.25, 0.3) is 10.9 Å². The number of nitrogens with two attached hydrogens (primary N) is 1. The minimum atomic E-state index is -0.220. The zero-order valence-corrected chi connectivity index (χ0v) is 17.0. The number of carbonyl (C=O) groups is 1. The van der Waals surface area contributed by atoms with Gasteiger partial charge in [-0.3, -0.25) is 14.2 Å². The summed E-state index contributed by atoms with van der Waals surface area (Å²) in [4.78, 5) is 30.7. The normalized spacial score (nSPS) is 12.1. The van der Waals surface area contributed by atoms with Gasteiger partial charge in [0.05, 0.1) is 17.2 Å². The van der Waals surface area contributed by atoms with Gasteiger partial charge in [0, 0.05) is 24.1 Å². The molecule has 1 atom stereocenters. The number of fused-ring (bicyclic) bond motifs is 1. The second-order valence-electron chi connectivity index (χ2n) is 6.35. The first-order valence-corrected chi connectivity index (χ1v) is 8.73. The molecule has 1 unspecified atom stereocenters. The van der Waals surface area contributed by atoms with Crippen molar-refractivity contribution in [2.45, 2.75) is 32.9 Å². The molecule has 2 aromatic rings. The van der Waals surface area contributed by atoms with E-state index in [1.54, 1.807) is 24.1 Å².